The third-order valence-electron chi connectivity index (χ3n) is 1.51. The summed E-state index contributed by atoms with van der Waals surface area (Å²) < 4.78 is 0. The quantitative estimate of drug-likeness (QED) is 0.235. The van der Waals surface area contributed by atoms with E-state index in [1.807, 2.05) is 0 Å². The molecule has 12 heteroatoms. The van der Waals surface area contributed by atoms with Crippen LogP contribution in [0.3, 0.4) is 0 Å². The van der Waals surface area contributed by atoms with E-state index in [1.54, 1.807) is 0 Å². The number of nitrogens with zero attached hydrogens (tertiary/aromatic N) is 1. The number of carbonyl (C=O) groups is 3. The molecule has 0 aliphatic carbocycles. The SMILES string of the molecule is O=C(O)CC(CC(=O)O)(O[N+](=O)[O-])C(=O)O.[H-].[H-].[K+].[Na+]. The van der Waals surface area contributed by atoms with Crippen LogP contribution in [0.25, 0.3) is 0 Å². The Balaban J connectivity index is -0.000000187. The molecule has 18 heavy (non-hydrogen) atoms. The Labute approximate surface area is 167 Å². The fraction of sp³-hybridized carbons (Fsp3) is 0.500. The van der Waals surface area contributed by atoms with Crippen LogP contribution >= 0.6 is 0 Å². The monoisotopic (exact) mass is 301 g/mol. The molecule has 3 N–H and O–H groups in total. The largest absolute Gasteiger partial charge is 1.00 e. The van der Waals surface area contributed by atoms with Crippen molar-refractivity contribution in [2.75, 3.05) is 0 Å². The second-order valence-electron chi connectivity index (χ2n) is 2.76. The van der Waals surface area contributed by atoms with Crippen molar-refractivity contribution < 1.29 is 123 Å². The predicted molar refractivity (Wildman–Crippen MR) is 45.2 cm³/mol. The van der Waals surface area contributed by atoms with Gasteiger partial charge in [0.05, 0.1) is 12.8 Å². The van der Waals surface area contributed by atoms with Crippen molar-refractivity contribution in [3.8, 4) is 0 Å². The van der Waals surface area contributed by atoms with E-state index in [2.05, 4.69) is 4.84 Å². The smallest absolute Gasteiger partial charge is 1.00 e. The second kappa shape index (κ2) is 10.1. The van der Waals surface area contributed by atoms with Crippen molar-refractivity contribution >= 4 is 17.9 Å². The van der Waals surface area contributed by atoms with Crippen molar-refractivity contribution in [3.63, 3.8) is 0 Å². The normalized spacial score (nSPS) is 9.33. The summed E-state index contributed by atoms with van der Waals surface area (Å²) >= 11 is 0. The van der Waals surface area contributed by atoms with Crippen molar-refractivity contribution in [3.05, 3.63) is 10.1 Å². The molecule has 0 atom stereocenters. The van der Waals surface area contributed by atoms with E-state index in [4.69, 9.17) is 15.3 Å². The van der Waals surface area contributed by atoms with Crippen LogP contribution in [0.2, 0.25) is 0 Å². The third-order valence-corrected chi connectivity index (χ3v) is 1.51. The number of carboxylic acid groups (broad SMARTS) is 3. The number of hydrogen-bond acceptors (Lipinski definition) is 6. The maximum atomic E-state index is 10.7. The Morgan fingerprint density at radius 3 is 1.67 bits per heavy atom. The van der Waals surface area contributed by atoms with Gasteiger partial charge in [0.1, 0.15) is 0 Å². The summed E-state index contributed by atoms with van der Waals surface area (Å²) in [4.78, 5) is 45.0. The Kier molecular flexibility index (Phi) is 13.1. The van der Waals surface area contributed by atoms with Gasteiger partial charge in [0.15, 0.2) is 0 Å². The van der Waals surface area contributed by atoms with Gasteiger partial charge in [-0.3, -0.25) is 14.4 Å². The standard InChI is InChI=1S/C6H7NO9.K.Na.2H/c8-3(9)1-6(5(12)13,2-4(10)11)16-7(14)15;;;;/h1-2H2,(H,8,9)(H,10,11)(H,12,13);;;;/q;2*+1;2*-1. The van der Waals surface area contributed by atoms with Crippen molar-refractivity contribution in [2.24, 2.45) is 0 Å². The Hall–Kier alpha value is 0.246. The van der Waals surface area contributed by atoms with Crippen molar-refractivity contribution in [1.29, 1.82) is 0 Å². The van der Waals surface area contributed by atoms with E-state index >= 15 is 0 Å². The fourth-order valence-corrected chi connectivity index (χ4v) is 0.949. The third kappa shape index (κ3) is 8.37. The van der Waals surface area contributed by atoms with Crippen LogP contribution in [0.15, 0.2) is 0 Å². The first-order chi connectivity index (χ1) is 7.19. The molecule has 0 amide bonds. The average molecular weight is 301 g/mol. The van der Waals surface area contributed by atoms with E-state index in [9.17, 15) is 24.5 Å². The molecule has 0 aromatic heterocycles. The van der Waals surface area contributed by atoms with Gasteiger partial charge in [-0.2, -0.15) is 0 Å². The zero-order valence-electron chi connectivity index (χ0n) is 11.7. The molecule has 0 unspecified atom stereocenters. The van der Waals surface area contributed by atoms with Crippen molar-refractivity contribution in [1.82, 2.24) is 0 Å². The number of rotatable bonds is 7. The average Bonchev–Trinajstić information content (AvgIpc) is 1.98. The van der Waals surface area contributed by atoms with Crippen LogP contribution in [-0.4, -0.2) is 43.9 Å². The summed E-state index contributed by atoms with van der Waals surface area (Å²) in [7, 11) is 0. The minimum absolute atomic E-state index is 0. The van der Waals surface area contributed by atoms with E-state index in [1.165, 1.54) is 0 Å². The number of hydrogen-bond donors (Lipinski definition) is 3. The molecule has 0 spiro atoms. The van der Waals surface area contributed by atoms with E-state index < -0.39 is 41.4 Å². The van der Waals surface area contributed by atoms with Gasteiger partial charge in [0, 0.05) is 0 Å². The molecular formula is C6H9KNNaO9. The van der Waals surface area contributed by atoms with Crippen LogP contribution in [0.4, 0.5) is 0 Å². The molecule has 94 valence electrons. The summed E-state index contributed by atoms with van der Waals surface area (Å²) in [6.45, 7) is 0. The van der Waals surface area contributed by atoms with Gasteiger partial charge in [0.2, 0.25) is 5.60 Å². The summed E-state index contributed by atoms with van der Waals surface area (Å²) in [5.74, 6) is -5.50. The molecule has 10 nitrogen and oxygen atoms in total. The molecular weight excluding hydrogens is 292 g/mol. The van der Waals surface area contributed by atoms with Crippen LogP contribution in [0, 0.1) is 10.1 Å². The summed E-state index contributed by atoms with van der Waals surface area (Å²) in [5.41, 5.74) is -2.92. The molecule has 0 saturated carbocycles. The first kappa shape index (κ1) is 23.3. The fourth-order valence-electron chi connectivity index (χ4n) is 0.949. The van der Waals surface area contributed by atoms with Gasteiger partial charge in [-0.05, 0) is 0 Å². The molecule has 0 aromatic carbocycles. The molecule has 0 radical (unpaired) electrons. The number of aliphatic carboxylic acids is 3. The van der Waals surface area contributed by atoms with Crippen molar-refractivity contribution in [2.45, 2.75) is 18.4 Å². The Morgan fingerprint density at radius 1 is 1.17 bits per heavy atom. The molecule has 0 aliphatic heterocycles. The Morgan fingerprint density at radius 2 is 1.50 bits per heavy atom. The molecule has 0 rings (SSSR count). The van der Waals surface area contributed by atoms with Crippen LogP contribution in [0.5, 0.6) is 0 Å². The van der Waals surface area contributed by atoms with Crippen LogP contribution < -0.4 is 80.9 Å². The molecule has 0 bridgehead atoms. The van der Waals surface area contributed by atoms with E-state index in [0.29, 0.717) is 0 Å². The van der Waals surface area contributed by atoms with Crippen LogP contribution in [-0.2, 0) is 19.2 Å². The minimum atomic E-state index is -2.92. The van der Waals surface area contributed by atoms with Gasteiger partial charge >= 0.3 is 98.8 Å². The van der Waals surface area contributed by atoms with Crippen LogP contribution in [0.1, 0.15) is 15.7 Å². The number of carboxylic acids is 3. The van der Waals surface area contributed by atoms with E-state index in [0.717, 1.165) is 0 Å². The summed E-state index contributed by atoms with van der Waals surface area (Å²) in [6, 6.07) is 0. The molecule has 0 aliphatic rings. The summed E-state index contributed by atoms with van der Waals surface area (Å²) in [5, 5.41) is 33.8. The predicted octanol–water partition coefficient (Wildman–Crippen LogP) is -6.80. The van der Waals surface area contributed by atoms with Gasteiger partial charge < -0.3 is 18.2 Å². The topological polar surface area (TPSA) is 164 Å². The molecule has 0 heterocycles. The summed E-state index contributed by atoms with van der Waals surface area (Å²) in [6.07, 6.45) is -2.68. The van der Waals surface area contributed by atoms with Gasteiger partial charge in [0.25, 0.3) is 5.09 Å². The van der Waals surface area contributed by atoms with E-state index in [-0.39, 0.29) is 83.8 Å². The maximum absolute atomic E-state index is 10.7. The molecule has 0 fully saturated rings. The zero-order chi connectivity index (χ0) is 12.9. The van der Waals surface area contributed by atoms with Gasteiger partial charge in [-0.1, -0.05) is 0 Å². The first-order valence-electron chi connectivity index (χ1n) is 3.70. The second-order valence-corrected chi connectivity index (χ2v) is 2.76. The van der Waals surface area contributed by atoms with Gasteiger partial charge in [-0.15, -0.1) is 10.1 Å². The zero-order valence-corrected chi connectivity index (χ0v) is 14.8. The maximum Gasteiger partial charge on any atom is 1.00 e. The first-order valence-corrected chi connectivity index (χ1v) is 3.70. The Bertz CT molecular complexity index is 315. The molecule has 0 saturated heterocycles. The minimum Gasteiger partial charge on any atom is -1.00 e. The molecule has 0 aromatic rings. The van der Waals surface area contributed by atoms with Gasteiger partial charge in [-0.25, -0.2) is 4.79 Å².